The zero-order valence-corrected chi connectivity index (χ0v) is 18.8. The van der Waals surface area contributed by atoms with Crippen LogP contribution in [0, 0.1) is 0 Å². The second-order valence-corrected chi connectivity index (χ2v) is 7.95. The summed E-state index contributed by atoms with van der Waals surface area (Å²) in [5, 5.41) is 10.8. The molecule has 170 valence electrons. The zero-order chi connectivity index (χ0) is 23.9. The van der Waals surface area contributed by atoms with Gasteiger partial charge >= 0.3 is 0 Å². The lowest BCUT2D eigenvalue weighted by molar-refractivity contribution is -0.121. The number of hydrogen-bond acceptors (Lipinski definition) is 4. The SMILES string of the molecule is COc1cc(C=CC(=O)CC(=O)C=Cc2ccc3ccn(Cc4ccccc4)c3c2)ccc1O. The van der Waals surface area contributed by atoms with Crippen molar-refractivity contribution in [1.82, 2.24) is 4.57 Å². The van der Waals surface area contributed by atoms with Crippen LogP contribution in [0.5, 0.6) is 11.5 Å². The Kier molecular flexibility index (Phi) is 7.04. The van der Waals surface area contributed by atoms with E-state index in [4.69, 9.17) is 4.74 Å². The quantitative estimate of drug-likeness (QED) is 0.263. The fourth-order valence-electron chi connectivity index (χ4n) is 3.69. The van der Waals surface area contributed by atoms with Crippen LogP contribution in [0.2, 0.25) is 0 Å². The summed E-state index contributed by atoms with van der Waals surface area (Å²) in [5.74, 6) is -0.219. The first-order chi connectivity index (χ1) is 16.5. The molecular weight excluding hydrogens is 426 g/mol. The molecule has 0 radical (unpaired) electrons. The summed E-state index contributed by atoms with van der Waals surface area (Å²) in [6, 6.07) is 23.1. The third kappa shape index (κ3) is 5.70. The highest BCUT2D eigenvalue weighted by atomic mass is 16.5. The molecular formula is C29H25NO4. The monoisotopic (exact) mass is 451 g/mol. The summed E-state index contributed by atoms with van der Waals surface area (Å²) >= 11 is 0. The van der Waals surface area contributed by atoms with Gasteiger partial charge in [-0.05, 0) is 58.5 Å². The van der Waals surface area contributed by atoms with Gasteiger partial charge in [0, 0.05) is 18.3 Å². The molecule has 0 aliphatic heterocycles. The molecule has 3 aromatic carbocycles. The van der Waals surface area contributed by atoms with Crippen molar-refractivity contribution in [3.63, 3.8) is 0 Å². The fraction of sp³-hybridized carbons (Fsp3) is 0.103. The van der Waals surface area contributed by atoms with E-state index in [1.807, 2.05) is 36.4 Å². The molecule has 0 aliphatic carbocycles. The predicted molar refractivity (Wildman–Crippen MR) is 135 cm³/mol. The number of fused-ring (bicyclic) bond motifs is 1. The average molecular weight is 452 g/mol. The van der Waals surface area contributed by atoms with Gasteiger partial charge in [-0.2, -0.15) is 0 Å². The molecule has 5 heteroatoms. The van der Waals surface area contributed by atoms with E-state index in [2.05, 4.69) is 29.0 Å². The van der Waals surface area contributed by atoms with E-state index < -0.39 is 0 Å². The van der Waals surface area contributed by atoms with E-state index >= 15 is 0 Å². The summed E-state index contributed by atoms with van der Waals surface area (Å²) in [7, 11) is 1.46. The summed E-state index contributed by atoms with van der Waals surface area (Å²) < 4.78 is 7.23. The number of allylic oxidation sites excluding steroid dienone is 2. The molecule has 0 saturated carbocycles. The number of phenols is 1. The number of nitrogens with zero attached hydrogens (tertiary/aromatic N) is 1. The number of hydrogen-bond donors (Lipinski definition) is 1. The van der Waals surface area contributed by atoms with Gasteiger partial charge in [-0.15, -0.1) is 0 Å². The number of methoxy groups -OCH3 is 1. The molecule has 0 spiro atoms. The summed E-state index contributed by atoms with van der Waals surface area (Å²) in [6.07, 6.45) is 7.99. The Labute approximate surface area is 198 Å². The van der Waals surface area contributed by atoms with E-state index in [0.29, 0.717) is 11.3 Å². The van der Waals surface area contributed by atoms with Crippen molar-refractivity contribution in [3.8, 4) is 11.5 Å². The average Bonchev–Trinajstić information content (AvgIpc) is 3.24. The number of carbonyl (C=O) groups is 2. The van der Waals surface area contributed by atoms with Crippen LogP contribution in [0.4, 0.5) is 0 Å². The lowest BCUT2D eigenvalue weighted by atomic mass is 10.1. The molecule has 0 aliphatic rings. The van der Waals surface area contributed by atoms with Gasteiger partial charge in [-0.3, -0.25) is 9.59 Å². The number of benzene rings is 3. The molecule has 4 aromatic rings. The molecule has 0 fully saturated rings. The first kappa shape index (κ1) is 22.8. The standard InChI is InChI=1S/C29H25NO4/c1-34-29-18-22(10-14-28(29)33)9-13-26(32)19-25(31)12-8-21-7-11-24-15-16-30(27(24)17-21)20-23-5-3-2-4-6-23/h2-18,33H,19-20H2,1H3. The minimum Gasteiger partial charge on any atom is -0.504 e. The van der Waals surface area contributed by atoms with Crippen LogP contribution < -0.4 is 4.74 Å². The molecule has 0 bridgehead atoms. The van der Waals surface area contributed by atoms with Gasteiger partial charge in [0.2, 0.25) is 0 Å². The van der Waals surface area contributed by atoms with Crippen molar-refractivity contribution in [2.24, 2.45) is 0 Å². The normalized spacial score (nSPS) is 11.4. The van der Waals surface area contributed by atoms with Crippen molar-refractivity contribution >= 4 is 34.6 Å². The Morgan fingerprint density at radius 2 is 1.56 bits per heavy atom. The minimum atomic E-state index is -0.297. The van der Waals surface area contributed by atoms with Gasteiger partial charge in [-0.25, -0.2) is 0 Å². The van der Waals surface area contributed by atoms with Gasteiger partial charge in [0.25, 0.3) is 0 Å². The smallest absolute Gasteiger partial charge is 0.163 e. The number of ether oxygens (including phenoxy) is 1. The predicted octanol–water partition coefficient (Wildman–Crippen LogP) is 5.66. The van der Waals surface area contributed by atoms with Gasteiger partial charge in [0.05, 0.1) is 13.5 Å². The number of aromatic hydroxyl groups is 1. The van der Waals surface area contributed by atoms with Crippen molar-refractivity contribution < 1.29 is 19.4 Å². The molecule has 1 N–H and O–H groups in total. The molecule has 0 unspecified atom stereocenters. The molecule has 1 heterocycles. The highest BCUT2D eigenvalue weighted by Gasteiger charge is 2.06. The Morgan fingerprint density at radius 1 is 0.882 bits per heavy atom. The molecule has 0 saturated heterocycles. The highest BCUT2D eigenvalue weighted by molar-refractivity contribution is 6.11. The first-order valence-electron chi connectivity index (χ1n) is 10.9. The van der Waals surface area contributed by atoms with Gasteiger partial charge in [0.1, 0.15) is 0 Å². The Hall–Kier alpha value is -4.38. The molecule has 0 amide bonds. The maximum absolute atomic E-state index is 12.3. The Bertz CT molecular complexity index is 1380. The molecule has 5 nitrogen and oxygen atoms in total. The van der Waals surface area contributed by atoms with Crippen LogP contribution in [0.3, 0.4) is 0 Å². The molecule has 34 heavy (non-hydrogen) atoms. The van der Waals surface area contributed by atoms with Crippen molar-refractivity contribution in [1.29, 1.82) is 0 Å². The fourth-order valence-corrected chi connectivity index (χ4v) is 3.69. The third-order valence-electron chi connectivity index (χ3n) is 5.47. The number of phenolic OH excluding ortho intramolecular Hbond substituents is 1. The van der Waals surface area contributed by atoms with Crippen LogP contribution in [0.25, 0.3) is 23.1 Å². The van der Waals surface area contributed by atoms with E-state index in [-0.39, 0.29) is 23.7 Å². The number of carbonyl (C=O) groups excluding carboxylic acids is 2. The third-order valence-corrected chi connectivity index (χ3v) is 5.47. The summed E-state index contributed by atoms with van der Waals surface area (Å²) in [5.41, 5.74) is 3.89. The van der Waals surface area contributed by atoms with Crippen LogP contribution in [-0.4, -0.2) is 28.3 Å². The van der Waals surface area contributed by atoms with E-state index in [1.165, 1.54) is 30.9 Å². The minimum absolute atomic E-state index is 0.0248. The second-order valence-electron chi connectivity index (χ2n) is 7.95. The zero-order valence-electron chi connectivity index (χ0n) is 18.8. The summed E-state index contributed by atoms with van der Waals surface area (Å²) in [6.45, 7) is 0.768. The number of ketones is 2. The molecule has 0 atom stereocenters. The topological polar surface area (TPSA) is 68.5 Å². The van der Waals surface area contributed by atoms with Gasteiger partial charge in [0.15, 0.2) is 23.1 Å². The number of rotatable bonds is 9. The van der Waals surface area contributed by atoms with E-state index in [1.54, 1.807) is 24.3 Å². The number of aromatic nitrogens is 1. The van der Waals surface area contributed by atoms with Crippen LogP contribution >= 0.6 is 0 Å². The highest BCUT2D eigenvalue weighted by Crippen LogP contribution is 2.26. The first-order valence-corrected chi connectivity index (χ1v) is 10.9. The van der Waals surface area contributed by atoms with Crippen LogP contribution in [0.15, 0.2) is 91.1 Å². The van der Waals surface area contributed by atoms with Crippen molar-refractivity contribution in [3.05, 3.63) is 108 Å². The maximum Gasteiger partial charge on any atom is 0.163 e. The van der Waals surface area contributed by atoms with Gasteiger partial charge < -0.3 is 14.4 Å². The molecule has 1 aromatic heterocycles. The van der Waals surface area contributed by atoms with E-state index in [0.717, 1.165) is 23.0 Å². The largest absolute Gasteiger partial charge is 0.504 e. The van der Waals surface area contributed by atoms with Crippen LogP contribution in [0.1, 0.15) is 23.1 Å². The lowest BCUT2D eigenvalue weighted by Crippen LogP contribution is -2.02. The van der Waals surface area contributed by atoms with Crippen LogP contribution in [-0.2, 0) is 16.1 Å². The van der Waals surface area contributed by atoms with Gasteiger partial charge in [-0.1, -0.05) is 60.7 Å². The van der Waals surface area contributed by atoms with Crippen molar-refractivity contribution in [2.75, 3.05) is 7.11 Å². The van der Waals surface area contributed by atoms with Crippen molar-refractivity contribution in [2.45, 2.75) is 13.0 Å². The second kappa shape index (κ2) is 10.5. The maximum atomic E-state index is 12.3. The Morgan fingerprint density at radius 3 is 2.26 bits per heavy atom. The summed E-state index contributed by atoms with van der Waals surface area (Å²) in [4.78, 5) is 24.5. The molecule has 4 rings (SSSR count). The van der Waals surface area contributed by atoms with E-state index in [9.17, 15) is 14.7 Å². The Balaban J connectivity index is 1.39. The lowest BCUT2D eigenvalue weighted by Gasteiger charge is -2.06.